The number of carbonyl (C=O) groups excluding carboxylic acids is 1. The zero-order valence-corrected chi connectivity index (χ0v) is 23.7. The molecule has 1 aromatic heterocycles. The van der Waals surface area contributed by atoms with Gasteiger partial charge in [-0.3, -0.25) is 4.79 Å². The molecule has 1 heterocycles. The van der Waals surface area contributed by atoms with E-state index >= 15 is 0 Å². The number of nitrogens with one attached hydrogen (secondary N) is 3. The Hall–Kier alpha value is -4.25. The number of nitrogens with two attached hydrogens (primary N) is 2. The molecule has 3 aromatic rings. The first-order chi connectivity index (χ1) is 18.6. The van der Waals surface area contributed by atoms with E-state index in [1.54, 1.807) is 13.0 Å². The lowest BCUT2D eigenvalue weighted by molar-refractivity contribution is -0.119. The third kappa shape index (κ3) is 5.78. The first-order valence-corrected chi connectivity index (χ1v) is 13.5. The number of benzene rings is 2. The van der Waals surface area contributed by atoms with E-state index in [0.29, 0.717) is 22.6 Å². The summed E-state index contributed by atoms with van der Waals surface area (Å²) < 4.78 is 0. The Kier molecular flexibility index (Phi) is 9.08. The number of nitrogens with zero attached hydrogens (tertiary/aromatic N) is 2. The van der Waals surface area contributed by atoms with Crippen LogP contribution in [0.4, 0.5) is 17.1 Å². The van der Waals surface area contributed by atoms with Gasteiger partial charge in [-0.2, -0.15) is 5.26 Å². The summed E-state index contributed by atoms with van der Waals surface area (Å²) in [4.78, 5) is 17.6. The minimum atomic E-state index is -0.578. The van der Waals surface area contributed by atoms with Gasteiger partial charge in [-0.05, 0) is 50.5 Å². The first-order valence-electron chi connectivity index (χ1n) is 13.5. The van der Waals surface area contributed by atoms with Crippen molar-refractivity contribution in [2.24, 2.45) is 11.1 Å². The molecular formula is C31H41N7O. The number of rotatable bonds is 10. The van der Waals surface area contributed by atoms with Crippen molar-refractivity contribution in [2.75, 3.05) is 23.0 Å². The van der Waals surface area contributed by atoms with Crippen LogP contribution < -0.4 is 21.7 Å². The van der Waals surface area contributed by atoms with Crippen LogP contribution in [0.2, 0.25) is 0 Å². The van der Waals surface area contributed by atoms with Gasteiger partial charge in [0.2, 0.25) is 5.91 Å². The van der Waals surface area contributed by atoms with Gasteiger partial charge in [0.15, 0.2) is 0 Å². The van der Waals surface area contributed by atoms with Gasteiger partial charge in [0.1, 0.15) is 0 Å². The Balaban J connectivity index is 0.000000983. The molecule has 4 rings (SSSR count). The lowest BCUT2D eigenvalue weighted by Gasteiger charge is -2.31. The standard InChI is InChI=1S/C27H31N7O.C4H10/c1-15(26(31)35)24-25(23-19(13-28)20(30)9-10-22(23)33-24)34(4)16(2)18-7-5-6-8-21(18)32-17(3)27(14-29)11-12-27;1-3-4-2/h5-10,13,15-16,28,32-33H,3,11-12,30H2,1-2,4H3,(H2,31,35);3-4H2,1-2H3. The van der Waals surface area contributed by atoms with Gasteiger partial charge >= 0.3 is 0 Å². The van der Waals surface area contributed by atoms with E-state index in [2.05, 4.69) is 48.6 Å². The second kappa shape index (κ2) is 12.1. The third-order valence-electron chi connectivity index (χ3n) is 7.72. The third-order valence-corrected chi connectivity index (χ3v) is 7.72. The summed E-state index contributed by atoms with van der Waals surface area (Å²) >= 11 is 0. The lowest BCUT2D eigenvalue weighted by atomic mass is 9.98. The van der Waals surface area contributed by atoms with Crippen molar-refractivity contribution in [1.82, 2.24) is 4.98 Å². The number of fused-ring (bicyclic) bond motifs is 1. The van der Waals surface area contributed by atoms with Crippen LogP contribution in [0.25, 0.3) is 10.9 Å². The van der Waals surface area contributed by atoms with Crippen LogP contribution >= 0.6 is 0 Å². The van der Waals surface area contributed by atoms with E-state index in [0.717, 1.165) is 40.7 Å². The van der Waals surface area contributed by atoms with Gasteiger partial charge in [-0.1, -0.05) is 51.5 Å². The number of carbonyl (C=O) groups is 1. The molecule has 7 N–H and O–H groups in total. The number of allylic oxidation sites excluding steroid dienone is 1. The summed E-state index contributed by atoms with van der Waals surface area (Å²) in [5.74, 6) is -1.03. The molecule has 8 nitrogen and oxygen atoms in total. The highest BCUT2D eigenvalue weighted by atomic mass is 16.1. The summed E-state index contributed by atoms with van der Waals surface area (Å²) in [6.45, 7) is 12.3. The quantitative estimate of drug-likeness (QED) is 0.149. The summed E-state index contributed by atoms with van der Waals surface area (Å²) in [6, 6.07) is 13.7. The van der Waals surface area contributed by atoms with E-state index in [4.69, 9.17) is 16.9 Å². The SMILES string of the molecule is C=C(Nc1ccccc1C(C)N(C)c1c(C(C)C(N)=O)[nH]c2ccc(N)c(C=N)c12)C1(C#N)CC1.CCCC. The second-order valence-electron chi connectivity index (χ2n) is 10.3. The van der Waals surface area contributed by atoms with Crippen LogP contribution in [0.5, 0.6) is 0 Å². The highest BCUT2D eigenvalue weighted by Gasteiger charge is 2.46. The molecule has 1 saturated carbocycles. The largest absolute Gasteiger partial charge is 0.398 e. The van der Waals surface area contributed by atoms with Gasteiger partial charge < -0.3 is 32.1 Å². The fourth-order valence-corrected chi connectivity index (χ4v) is 4.58. The summed E-state index contributed by atoms with van der Waals surface area (Å²) in [5, 5.41) is 21.7. The molecule has 8 heteroatoms. The molecule has 1 amide bonds. The molecule has 0 spiro atoms. The molecule has 206 valence electrons. The van der Waals surface area contributed by atoms with E-state index in [1.165, 1.54) is 19.1 Å². The molecule has 0 aliphatic heterocycles. The van der Waals surface area contributed by atoms with E-state index in [9.17, 15) is 10.1 Å². The Bertz CT molecular complexity index is 1410. The van der Waals surface area contributed by atoms with Gasteiger partial charge in [-0.15, -0.1) is 0 Å². The number of hydrogen-bond acceptors (Lipinski definition) is 6. The maximum atomic E-state index is 12.2. The molecule has 1 aliphatic carbocycles. The molecular weight excluding hydrogens is 486 g/mol. The number of unbranched alkanes of at least 4 members (excludes halogenated alkanes) is 1. The Morgan fingerprint density at radius 1 is 1.26 bits per heavy atom. The predicted octanol–water partition coefficient (Wildman–Crippen LogP) is 6.57. The molecule has 1 fully saturated rings. The average molecular weight is 528 g/mol. The van der Waals surface area contributed by atoms with Crippen molar-refractivity contribution in [3.8, 4) is 6.07 Å². The Labute approximate surface area is 231 Å². The fraction of sp³-hybridized carbons (Fsp3) is 0.387. The number of amides is 1. The number of para-hydroxylation sites is 1. The highest BCUT2D eigenvalue weighted by Crippen LogP contribution is 2.51. The average Bonchev–Trinajstić information content (AvgIpc) is 3.66. The topological polar surface area (TPSA) is 148 Å². The number of hydrogen-bond donors (Lipinski definition) is 5. The predicted molar refractivity (Wildman–Crippen MR) is 162 cm³/mol. The molecule has 0 radical (unpaired) electrons. The summed E-state index contributed by atoms with van der Waals surface area (Å²) in [7, 11) is 1.95. The Morgan fingerprint density at radius 3 is 2.44 bits per heavy atom. The molecule has 0 bridgehead atoms. The summed E-state index contributed by atoms with van der Waals surface area (Å²) in [6.07, 6.45) is 5.50. The van der Waals surface area contributed by atoms with Crippen LogP contribution in [0.15, 0.2) is 48.7 Å². The van der Waals surface area contributed by atoms with Crippen LogP contribution in [0.1, 0.15) is 82.2 Å². The number of anilines is 3. The molecule has 2 aromatic carbocycles. The number of nitriles is 1. The van der Waals surface area contributed by atoms with E-state index < -0.39 is 17.2 Å². The number of primary amides is 1. The fourth-order valence-electron chi connectivity index (χ4n) is 4.58. The lowest BCUT2D eigenvalue weighted by Crippen LogP contribution is -2.26. The zero-order valence-electron chi connectivity index (χ0n) is 23.7. The number of aromatic amines is 1. The van der Waals surface area contributed by atoms with Crippen LogP contribution in [0.3, 0.4) is 0 Å². The molecule has 2 atom stereocenters. The maximum absolute atomic E-state index is 12.2. The van der Waals surface area contributed by atoms with Crippen molar-refractivity contribution in [3.63, 3.8) is 0 Å². The van der Waals surface area contributed by atoms with Gasteiger partial charge in [0.05, 0.1) is 34.8 Å². The second-order valence-corrected chi connectivity index (χ2v) is 10.3. The van der Waals surface area contributed by atoms with Gasteiger partial charge in [0, 0.05) is 46.8 Å². The van der Waals surface area contributed by atoms with Crippen molar-refractivity contribution >= 4 is 40.1 Å². The molecule has 39 heavy (non-hydrogen) atoms. The zero-order chi connectivity index (χ0) is 28.9. The van der Waals surface area contributed by atoms with Crippen molar-refractivity contribution in [2.45, 2.75) is 65.3 Å². The van der Waals surface area contributed by atoms with Gasteiger partial charge in [-0.25, -0.2) is 0 Å². The first kappa shape index (κ1) is 29.3. The van der Waals surface area contributed by atoms with Crippen molar-refractivity contribution in [1.29, 1.82) is 10.7 Å². The number of nitrogen functional groups attached to an aromatic ring is 1. The Morgan fingerprint density at radius 2 is 1.90 bits per heavy atom. The van der Waals surface area contributed by atoms with Crippen LogP contribution in [0, 0.1) is 22.2 Å². The summed E-state index contributed by atoms with van der Waals surface area (Å²) in [5.41, 5.74) is 17.3. The maximum Gasteiger partial charge on any atom is 0.226 e. The number of aromatic nitrogens is 1. The smallest absolute Gasteiger partial charge is 0.226 e. The molecule has 0 saturated heterocycles. The van der Waals surface area contributed by atoms with E-state index in [1.807, 2.05) is 37.4 Å². The normalized spacial score (nSPS) is 14.8. The molecule has 2 unspecified atom stereocenters. The van der Waals surface area contributed by atoms with Crippen LogP contribution in [-0.2, 0) is 4.79 Å². The van der Waals surface area contributed by atoms with Crippen molar-refractivity contribution < 1.29 is 4.79 Å². The van der Waals surface area contributed by atoms with Crippen molar-refractivity contribution in [3.05, 3.63) is 65.5 Å². The van der Waals surface area contributed by atoms with E-state index in [-0.39, 0.29) is 6.04 Å². The minimum Gasteiger partial charge on any atom is -0.398 e. The highest BCUT2D eigenvalue weighted by molar-refractivity contribution is 6.10. The van der Waals surface area contributed by atoms with Crippen LogP contribution in [-0.4, -0.2) is 24.2 Å². The van der Waals surface area contributed by atoms with Gasteiger partial charge in [0.25, 0.3) is 0 Å². The minimum absolute atomic E-state index is 0.151. The molecule has 1 aliphatic rings. The number of H-pyrrole nitrogens is 1. The monoisotopic (exact) mass is 527 g/mol.